The van der Waals surface area contributed by atoms with Crippen molar-refractivity contribution in [2.24, 2.45) is 23.5 Å². The van der Waals surface area contributed by atoms with Gasteiger partial charge < -0.3 is 30.3 Å². The minimum atomic E-state index is -3.19. The molecule has 2 saturated heterocycles. The van der Waals surface area contributed by atoms with Gasteiger partial charge in [-0.1, -0.05) is 12.1 Å². The molecule has 2 aromatic rings. The van der Waals surface area contributed by atoms with Gasteiger partial charge in [0.15, 0.2) is 9.84 Å². The first-order chi connectivity index (χ1) is 23.2. The second-order valence-electron chi connectivity index (χ2n) is 15.5. The zero-order valence-corrected chi connectivity index (χ0v) is 29.7. The van der Waals surface area contributed by atoms with Crippen LogP contribution in [0.15, 0.2) is 53.4 Å². The Morgan fingerprint density at radius 1 is 0.980 bits per heavy atom. The summed E-state index contributed by atoms with van der Waals surface area (Å²) >= 11 is 0. The second-order valence-corrected chi connectivity index (χ2v) is 17.7. The fourth-order valence-electron chi connectivity index (χ4n) is 8.56. The van der Waals surface area contributed by atoms with Crippen molar-refractivity contribution in [3.05, 3.63) is 59.9 Å². The summed E-state index contributed by atoms with van der Waals surface area (Å²) in [5, 5.41) is 2.83. The van der Waals surface area contributed by atoms with Gasteiger partial charge in [0.05, 0.1) is 10.1 Å². The van der Waals surface area contributed by atoms with Crippen molar-refractivity contribution in [1.29, 1.82) is 0 Å². The maximum atomic E-state index is 14.9. The van der Waals surface area contributed by atoms with Crippen LogP contribution in [0.1, 0.15) is 71.3 Å². The highest BCUT2D eigenvalue weighted by molar-refractivity contribution is 7.92. The van der Waals surface area contributed by atoms with Crippen LogP contribution in [0.4, 0.5) is 19.7 Å². The quantitative estimate of drug-likeness (QED) is 0.309. The zero-order chi connectivity index (χ0) is 35.0. The molecular formula is C37H51FN4O6S. The third-order valence-corrected chi connectivity index (χ3v) is 13.2. The maximum absolute atomic E-state index is 14.9. The predicted octanol–water partition coefficient (Wildman–Crippen LogP) is 5.64. The maximum Gasteiger partial charge on any atom is 0.407 e. The first-order valence-electron chi connectivity index (χ1n) is 17.7. The van der Waals surface area contributed by atoms with E-state index in [1.54, 1.807) is 24.3 Å². The molecule has 0 aromatic heterocycles. The van der Waals surface area contributed by atoms with E-state index in [4.69, 9.17) is 15.2 Å². The molecule has 12 heteroatoms. The first-order valence-corrected chi connectivity index (χ1v) is 19.3. The number of sulfone groups is 1. The van der Waals surface area contributed by atoms with Crippen LogP contribution in [0.2, 0.25) is 0 Å². The summed E-state index contributed by atoms with van der Waals surface area (Å²) in [7, 11) is -3.19. The summed E-state index contributed by atoms with van der Waals surface area (Å²) in [5.74, 6) is 0.0529. The van der Waals surface area contributed by atoms with Gasteiger partial charge in [0.2, 0.25) is 0 Å². The topological polar surface area (TPSA) is 131 Å². The van der Waals surface area contributed by atoms with E-state index in [9.17, 15) is 22.4 Å². The largest absolute Gasteiger partial charge is 0.446 e. The van der Waals surface area contributed by atoms with Gasteiger partial charge in [-0.05, 0) is 127 Å². The monoisotopic (exact) mass is 698 g/mol. The van der Waals surface area contributed by atoms with Gasteiger partial charge in [0.25, 0.3) is 0 Å². The Morgan fingerprint density at radius 3 is 2.29 bits per heavy atom. The van der Waals surface area contributed by atoms with Gasteiger partial charge in [-0.3, -0.25) is 0 Å². The molecule has 49 heavy (non-hydrogen) atoms. The van der Waals surface area contributed by atoms with Crippen LogP contribution < -0.4 is 16.0 Å². The molecule has 268 valence electrons. The Labute approximate surface area is 289 Å². The Morgan fingerprint density at radius 2 is 1.67 bits per heavy atom. The lowest BCUT2D eigenvalue weighted by Gasteiger charge is -2.51. The number of rotatable bonds is 11. The number of benzene rings is 2. The van der Waals surface area contributed by atoms with E-state index in [1.807, 2.05) is 39.0 Å². The SMILES string of the molecule is CC(C)(C)OC(=O)NCC(c1cccc(F)c1)(C1CCN(CC2CN(c3ccc(S(=O)(=O)C4CC4)cc3)C2)CC1)[C@H]1CCC[C@@H]1OC(N)=O. The van der Waals surface area contributed by atoms with Gasteiger partial charge in [-0.2, -0.15) is 0 Å². The van der Waals surface area contributed by atoms with Gasteiger partial charge in [-0.25, -0.2) is 22.4 Å². The summed E-state index contributed by atoms with van der Waals surface area (Å²) in [4.78, 5) is 30.3. The van der Waals surface area contributed by atoms with E-state index in [0.29, 0.717) is 17.2 Å². The fourth-order valence-corrected chi connectivity index (χ4v) is 10.2. The second kappa shape index (κ2) is 14.1. The van der Waals surface area contributed by atoms with Crippen molar-refractivity contribution < 1.29 is 31.9 Å². The summed E-state index contributed by atoms with van der Waals surface area (Å²) < 4.78 is 51.4. The molecule has 10 nitrogen and oxygen atoms in total. The predicted molar refractivity (Wildman–Crippen MR) is 186 cm³/mol. The highest BCUT2D eigenvalue weighted by Gasteiger charge is 2.53. The number of amides is 2. The molecule has 0 spiro atoms. The number of halogens is 1. The molecule has 2 heterocycles. The number of primary amides is 1. The lowest BCUT2D eigenvalue weighted by molar-refractivity contribution is 0.00785. The molecule has 2 aliphatic heterocycles. The number of nitrogens with one attached hydrogen (secondary N) is 1. The number of hydrogen-bond acceptors (Lipinski definition) is 8. The van der Waals surface area contributed by atoms with Gasteiger partial charge in [0.1, 0.15) is 17.5 Å². The van der Waals surface area contributed by atoms with Crippen LogP contribution in [0.3, 0.4) is 0 Å². The standard InChI is InChI=1S/C37H51FN4O6S/c1-36(2,3)48-35(44)40-24-37(27-6-4-7-28(38)20-27,32-8-5-9-33(32)47-34(39)43)26-16-18-41(19-17-26)21-25-22-42(23-25)29-10-12-30(13-11-29)49(45,46)31-14-15-31/h4,6-7,10-13,20,25-26,31-33H,5,8-9,14-19,21-24H2,1-3H3,(H2,39,43)(H,40,44)/t32-,33-,37?/m0/s1. The molecule has 0 radical (unpaired) electrons. The molecule has 6 rings (SSSR count). The van der Waals surface area contributed by atoms with Crippen LogP contribution in [0, 0.1) is 23.6 Å². The number of carbonyl (C=O) groups excluding carboxylic acids is 2. The molecule has 0 bridgehead atoms. The average molecular weight is 699 g/mol. The Kier molecular flexibility index (Phi) is 10.2. The molecule has 4 fully saturated rings. The van der Waals surface area contributed by atoms with Crippen LogP contribution in [0.25, 0.3) is 0 Å². The lowest BCUT2D eigenvalue weighted by atomic mass is 9.58. The third kappa shape index (κ3) is 8.01. The minimum absolute atomic E-state index is 0.0749. The smallest absolute Gasteiger partial charge is 0.407 e. The average Bonchev–Trinajstić information content (AvgIpc) is 3.80. The van der Waals surface area contributed by atoms with Gasteiger partial charge in [-0.15, -0.1) is 0 Å². The van der Waals surface area contributed by atoms with Crippen molar-refractivity contribution in [3.63, 3.8) is 0 Å². The van der Waals surface area contributed by atoms with Crippen molar-refractivity contribution in [2.45, 2.75) is 93.0 Å². The Balaban J connectivity index is 1.15. The summed E-state index contributed by atoms with van der Waals surface area (Å²) in [6.07, 6.45) is 3.63. The highest BCUT2D eigenvalue weighted by atomic mass is 32.2. The molecule has 2 amide bonds. The molecule has 3 atom stereocenters. The van der Waals surface area contributed by atoms with Crippen molar-refractivity contribution in [1.82, 2.24) is 10.2 Å². The van der Waals surface area contributed by atoms with E-state index < -0.39 is 39.1 Å². The summed E-state index contributed by atoms with van der Waals surface area (Å²) in [6, 6.07) is 14.0. The lowest BCUT2D eigenvalue weighted by Crippen LogP contribution is -2.57. The summed E-state index contributed by atoms with van der Waals surface area (Å²) in [6.45, 7) is 10.2. The van der Waals surface area contributed by atoms with Crippen LogP contribution in [-0.4, -0.2) is 81.7 Å². The van der Waals surface area contributed by atoms with Crippen LogP contribution in [0.5, 0.6) is 0 Å². The molecule has 2 saturated carbocycles. The normalized spacial score (nSPS) is 23.8. The molecule has 2 aromatic carbocycles. The number of ether oxygens (including phenoxy) is 2. The summed E-state index contributed by atoms with van der Waals surface area (Å²) in [5.41, 5.74) is 5.97. The van der Waals surface area contributed by atoms with Crippen LogP contribution >= 0.6 is 0 Å². The number of hydrogen-bond donors (Lipinski definition) is 2. The minimum Gasteiger partial charge on any atom is -0.446 e. The molecular weight excluding hydrogens is 647 g/mol. The number of likely N-dealkylation sites (tertiary alicyclic amines) is 1. The zero-order valence-electron chi connectivity index (χ0n) is 28.9. The third-order valence-electron chi connectivity index (χ3n) is 11.0. The van der Waals surface area contributed by atoms with Gasteiger partial charge in [0, 0.05) is 49.1 Å². The van der Waals surface area contributed by atoms with E-state index in [0.717, 1.165) is 82.5 Å². The van der Waals surface area contributed by atoms with Crippen molar-refractivity contribution >= 4 is 27.7 Å². The van der Waals surface area contributed by atoms with E-state index >= 15 is 0 Å². The number of alkyl carbamates (subject to hydrolysis) is 1. The van der Waals surface area contributed by atoms with Crippen LogP contribution in [-0.2, 0) is 24.7 Å². The van der Waals surface area contributed by atoms with Gasteiger partial charge >= 0.3 is 12.2 Å². The first kappa shape index (κ1) is 35.4. The number of anilines is 1. The molecule has 1 unspecified atom stereocenters. The number of nitrogens with two attached hydrogens (primary N) is 1. The highest BCUT2D eigenvalue weighted by Crippen LogP contribution is 2.51. The molecule has 4 aliphatic rings. The fraction of sp³-hybridized carbons (Fsp3) is 0.622. The van der Waals surface area contributed by atoms with E-state index in [1.165, 1.54) is 6.07 Å². The number of piperidine rings is 1. The molecule has 2 aliphatic carbocycles. The van der Waals surface area contributed by atoms with E-state index in [-0.39, 0.29) is 29.4 Å². The molecule has 3 N–H and O–H groups in total. The Bertz CT molecular complexity index is 1600. The van der Waals surface area contributed by atoms with E-state index in [2.05, 4.69) is 15.1 Å². The Hall–Kier alpha value is -3.38. The number of carbonyl (C=O) groups is 2. The number of nitrogens with zero attached hydrogens (tertiary/aromatic N) is 2. The van der Waals surface area contributed by atoms with Crippen molar-refractivity contribution in [2.75, 3.05) is 44.2 Å². The van der Waals surface area contributed by atoms with Crippen molar-refractivity contribution in [3.8, 4) is 0 Å².